The van der Waals surface area contributed by atoms with Gasteiger partial charge in [-0.1, -0.05) is 12.2 Å². The SMILES string of the molecule is O=S(=O)(Cl)C/C=C/C12CC3CC(CC(C3)C1)C2. The molecule has 0 amide bonds. The molecule has 0 saturated heterocycles. The van der Waals surface area contributed by atoms with E-state index >= 15 is 0 Å². The van der Waals surface area contributed by atoms with E-state index < -0.39 is 9.05 Å². The quantitative estimate of drug-likeness (QED) is 0.584. The largest absolute Gasteiger partial charge is 0.236 e. The first-order valence-corrected chi connectivity index (χ1v) is 9.02. The maximum atomic E-state index is 10.9. The monoisotopic (exact) mass is 274 g/mol. The van der Waals surface area contributed by atoms with Crippen LogP contribution in [0.1, 0.15) is 38.5 Å². The highest BCUT2D eigenvalue weighted by atomic mass is 35.7. The van der Waals surface area contributed by atoms with Crippen LogP contribution in [0.3, 0.4) is 0 Å². The molecule has 0 aromatic carbocycles. The molecule has 4 saturated carbocycles. The van der Waals surface area contributed by atoms with Crippen LogP contribution in [0.15, 0.2) is 12.2 Å². The van der Waals surface area contributed by atoms with Crippen molar-refractivity contribution in [2.75, 3.05) is 5.75 Å². The van der Waals surface area contributed by atoms with Gasteiger partial charge >= 0.3 is 0 Å². The second kappa shape index (κ2) is 3.99. The van der Waals surface area contributed by atoms with Gasteiger partial charge < -0.3 is 0 Å². The summed E-state index contributed by atoms with van der Waals surface area (Å²) in [5, 5.41) is 0. The molecule has 96 valence electrons. The van der Waals surface area contributed by atoms with Gasteiger partial charge in [0.25, 0.3) is 0 Å². The fourth-order valence-electron chi connectivity index (χ4n) is 4.79. The van der Waals surface area contributed by atoms with Gasteiger partial charge in [0.15, 0.2) is 0 Å². The van der Waals surface area contributed by atoms with Crippen LogP contribution in [0.2, 0.25) is 0 Å². The van der Waals surface area contributed by atoms with Gasteiger partial charge in [0.2, 0.25) is 9.05 Å². The third-order valence-corrected chi connectivity index (χ3v) is 5.82. The third kappa shape index (κ3) is 2.55. The summed E-state index contributed by atoms with van der Waals surface area (Å²) in [6, 6.07) is 0. The Labute approximate surface area is 108 Å². The molecule has 0 aliphatic heterocycles. The standard InChI is InChI=1S/C13H19ClO2S/c14-17(15,16)3-1-2-13-7-10-4-11(8-13)6-12(5-10)9-13/h1-2,10-12H,3-9H2/b2-1+. The van der Waals surface area contributed by atoms with Crippen molar-refractivity contribution in [3.63, 3.8) is 0 Å². The van der Waals surface area contributed by atoms with Crippen LogP contribution in [0.25, 0.3) is 0 Å². The number of rotatable bonds is 3. The van der Waals surface area contributed by atoms with E-state index in [1.54, 1.807) is 6.08 Å². The third-order valence-electron chi connectivity index (χ3n) is 4.85. The average molecular weight is 275 g/mol. The topological polar surface area (TPSA) is 34.1 Å². The summed E-state index contributed by atoms with van der Waals surface area (Å²) in [5.41, 5.74) is 0.316. The Balaban J connectivity index is 1.74. The summed E-state index contributed by atoms with van der Waals surface area (Å²) in [6.07, 6.45) is 12.0. The van der Waals surface area contributed by atoms with Crippen LogP contribution in [0.5, 0.6) is 0 Å². The highest BCUT2D eigenvalue weighted by molar-refractivity contribution is 8.13. The highest BCUT2D eigenvalue weighted by Gasteiger charge is 2.49. The predicted molar refractivity (Wildman–Crippen MR) is 69.4 cm³/mol. The number of halogens is 1. The second-order valence-corrected chi connectivity index (χ2v) is 9.21. The lowest BCUT2D eigenvalue weighted by molar-refractivity contribution is -0.0237. The van der Waals surface area contributed by atoms with E-state index in [9.17, 15) is 8.42 Å². The molecule has 17 heavy (non-hydrogen) atoms. The van der Waals surface area contributed by atoms with Gasteiger partial charge in [-0.15, -0.1) is 0 Å². The molecule has 0 unspecified atom stereocenters. The van der Waals surface area contributed by atoms with Gasteiger partial charge in [-0.3, -0.25) is 0 Å². The molecule has 0 radical (unpaired) electrons. The fourth-order valence-corrected chi connectivity index (χ4v) is 5.34. The van der Waals surface area contributed by atoms with E-state index in [4.69, 9.17) is 10.7 Å². The van der Waals surface area contributed by atoms with Crippen molar-refractivity contribution in [1.29, 1.82) is 0 Å². The first-order valence-electron chi connectivity index (χ1n) is 6.54. The molecule has 0 N–H and O–H groups in total. The summed E-state index contributed by atoms with van der Waals surface area (Å²) in [5.74, 6) is 2.69. The van der Waals surface area contributed by atoms with E-state index in [-0.39, 0.29) is 5.75 Å². The van der Waals surface area contributed by atoms with Crippen LogP contribution in [0.4, 0.5) is 0 Å². The maximum Gasteiger partial charge on any atom is 0.236 e. The first kappa shape index (κ1) is 12.0. The molecule has 0 heterocycles. The average Bonchev–Trinajstić information content (AvgIpc) is 2.11. The van der Waals surface area contributed by atoms with Crippen molar-refractivity contribution >= 4 is 19.7 Å². The van der Waals surface area contributed by atoms with Crippen LogP contribution in [0, 0.1) is 23.2 Å². The van der Waals surface area contributed by atoms with E-state index in [0.717, 1.165) is 17.8 Å². The van der Waals surface area contributed by atoms with E-state index in [1.807, 2.05) is 0 Å². The van der Waals surface area contributed by atoms with Gasteiger partial charge in [-0.2, -0.15) is 0 Å². The molecule has 2 nitrogen and oxygen atoms in total. The normalized spacial score (nSPS) is 44.6. The smallest absolute Gasteiger partial charge is 0.212 e. The number of hydrogen-bond donors (Lipinski definition) is 0. The summed E-state index contributed by atoms with van der Waals surface area (Å²) in [7, 11) is 1.87. The minimum atomic E-state index is -3.37. The van der Waals surface area contributed by atoms with Crippen molar-refractivity contribution in [1.82, 2.24) is 0 Å². The van der Waals surface area contributed by atoms with Gasteiger partial charge in [0, 0.05) is 10.7 Å². The maximum absolute atomic E-state index is 10.9. The van der Waals surface area contributed by atoms with Gasteiger partial charge in [0.1, 0.15) is 0 Å². The van der Waals surface area contributed by atoms with E-state index in [1.165, 1.54) is 38.5 Å². The lowest BCUT2D eigenvalue weighted by Crippen LogP contribution is -2.45. The Kier molecular flexibility index (Phi) is 2.82. The van der Waals surface area contributed by atoms with Crippen molar-refractivity contribution in [3.05, 3.63) is 12.2 Å². The van der Waals surface area contributed by atoms with E-state index in [0.29, 0.717) is 5.41 Å². The fraction of sp³-hybridized carbons (Fsp3) is 0.846. The summed E-state index contributed by atoms with van der Waals surface area (Å²) in [6.45, 7) is 0. The minimum absolute atomic E-state index is 0.0176. The Morgan fingerprint density at radius 3 is 1.94 bits per heavy atom. The molecule has 0 atom stereocenters. The van der Waals surface area contributed by atoms with Gasteiger partial charge in [0.05, 0.1) is 5.75 Å². The van der Waals surface area contributed by atoms with Gasteiger partial charge in [-0.05, 0) is 61.7 Å². The molecule has 4 aliphatic rings. The first-order chi connectivity index (χ1) is 7.94. The second-order valence-electron chi connectivity index (χ2n) is 6.39. The Hall–Kier alpha value is -0.0200. The predicted octanol–water partition coefficient (Wildman–Crippen LogP) is 3.33. The molecular weight excluding hydrogens is 256 g/mol. The molecule has 4 rings (SSSR count). The van der Waals surface area contributed by atoms with Crippen molar-refractivity contribution in [3.8, 4) is 0 Å². The summed E-state index contributed by atoms with van der Waals surface area (Å²) >= 11 is 0. The summed E-state index contributed by atoms with van der Waals surface area (Å²) in [4.78, 5) is 0. The zero-order chi connectivity index (χ0) is 12.1. The van der Waals surface area contributed by atoms with Crippen molar-refractivity contribution < 1.29 is 8.42 Å². The van der Waals surface area contributed by atoms with Crippen molar-refractivity contribution in [2.24, 2.45) is 23.2 Å². The Morgan fingerprint density at radius 1 is 1.06 bits per heavy atom. The van der Waals surface area contributed by atoms with E-state index in [2.05, 4.69) is 6.08 Å². The zero-order valence-corrected chi connectivity index (χ0v) is 11.5. The van der Waals surface area contributed by atoms with Crippen LogP contribution in [-0.2, 0) is 9.05 Å². The molecular formula is C13H19ClO2S. The lowest BCUT2D eigenvalue weighted by atomic mass is 9.49. The lowest BCUT2D eigenvalue weighted by Gasteiger charge is -2.55. The Morgan fingerprint density at radius 2 is 1.53 bits per heavy atom. The molecule has 4 bridgehead atoms. The van der Waals surface area contributed by atoms with Crippen molar-refractivity contribution in [2.45, 2.75) is 38.5 Å². The number of allylic oxidation sites excluding steroid dienone is 1. The minimum Gasteiger partial charge on any atom is -0.212 e. The number of hydrogen-bond acceptors (Lipinski definition) is 2. The van der Waals surface area contributed by atoms with Crippen LogP contribution in [-0.4, -0.2) is 14.2 Å². The zero-order valence-electron chi connectivity index (χ0n) is 9.94. The molecule has 4 aliphatic carbocycles. The summed E-state index contributed by atoms with van der Waals surface area (Å²) < 4.78 is 21.9. The van der Waals surface area contributed by atoms with Gasteiger partial charge in [-0.25, -0.2) is 8.42 Å². The molecule has 4 fully saturated rings. The molecule has 4 heteroatoms. The molecule has 0 aromatic rings. The molecule has 0 spiro atoms. The highest BCUT2D eigenvalue weighted by Crippen LogP contribution is 2.60. The Bertz CT molecular complexity index is 403. The van der Waals surface area contributed by atoms with Crippen LogP contribution >= 0.6 is 10.7 Å². The van der Waals surface area contributed by atoms with Crippen LogP contribution < -0.4 is 0 Å². The molecule has 0 aromatic heterocycles.